The van der Waals surface area contributed by atoms with Crippen molar-refractivity contribution in [3.8, 4) is 0 Å². The number of carbonyl (C=O) groups excluding carboxylic acids is 2. The largest absolute Gasteiger partial charge is 0.468 e. The molecule has 0 fully saturated rings. The number of nitrogens with zero attached hydrogens (tertiary/aromatic N) is 3. The third-order valence-corrected chi connectivity index (χ3v) is 3.34. The number of allylic oxidation sites excluding steroid dienone is 2. The van der Waals surface area contributed by atoms with Gasteiger partial charge in [-0.15, -0.1) is 0 Å². The summed E-state index contributed by atoms with van der Waals surface area (Å²) >= 11 is 1.33. The fourth-order valence-electron chi connectivity index (χ4n) is 1.59. The molecule has 2 heterocycles. The Labute approximate surface area is 120 Å². The van der Waals surface area contributed by atoms with E-state index in [0.717, 1.165) is 10.6 Å². The quantitative estimate of drug-likeness (QED) is 0.772. The van der Waals surface area contributed by atoms with Crippen LogP contribution in [0.4, 0.5) is 0 Å². The molecule has 0 unspecified atom stereocenters. The minimum absolute atomic E-state index is 0.112. The van der Waals surface area contributed by atoms with Crippen LogP contribution in [0.1, 0.15) is 5.01 Å². The van der Waals surface area contributed by atoms with Gasteiger partial charge >= 0.3 is 5.97 Å². The van der Waals surface area contributed by atoms with Crippen LogP contribution in [0.15, 0.2) is 24.7 Å². The molecular formula is C12H14N4O3S. The fraction of sp³-hybridized carbons (Fsp3) is 0.333. The molecule has 1 aromatic rings. The van der Waals surface area contributed by atoms with Crippen LogP contribution in [0.5, 0.6) is 0 Å². The number of methoxy groups -OCH3 is 1. The third kappa shape index (κ3) is 3.89. The van der Waals surface area contributed by atoms with Crippen molar-refractivity contribution in [2.75, 3.05) is 26.7 Å². The predicted molar refractivity (Wildman–Crippen MR) is 73.6 cm³/mol. The summed E-state index contributed by atoms with van der Waals surface area (Å²) in [6, 6.07) is 0. The van der Waals surface area contributed by atoms with Crippen molar-refractivity contribution in [2.45, 2.75) is 0 Å². The van der Waals surface area contributed by atoms with Crippen LogP contribution in [-0.4, -0.2) is 52.9 Å². The topological polar surface area (TPSA) is 84.4 Å². The molecule has 0 aliphatic carbocycles. The fourth-order valence-corrected chi connectivity index (χ4v) is 2.13. The number of nitrogens with one attached hydrogen (secondary N) is 1. The molecule has 7 nitrogen and oxygen atoms in total. The van der Waals surface area contributed by atoms with E-state index in [1.807, 2.05) is 23.3 Å². The van der Waals surface area contributed by atoms with Gasteiger partial charge in [0.05, 0.1) is 13.7 Å². The average Bonchev–Trinajstić information content (AvgIpc) is 2.99. The van der Waals surface area contributed by atoms with Crippen LogP contribution < -0.4 is 5.32 Å². The molecule has 1 amide bonds. The summed E-state index contributed by atoms with van der Waals surface area (Å²) < 4.78 is 8.39. The first-order valence-electron chi connectivity index (χ1n) is 5.92. The smallest absolute Gasteiger partial charge is 0.325 e. The van der Waals surface area contributed by atoms with Crippen LogP contribution in [-0.2, 0) is 14.3 Å². The molecule has 1 aromatic heterocycles. The molecule has 0 spiro atoms. The molecule has 1 aliphatic heterocycles. The monoisotopic (exact) mass is 294 g/mol. The highest BCUT2D eigenvalue weighted by molar-refractivity contribution is 7.06. The standard InChI is InChI=1S/C12H14N4O3S/c1-19-11(18)6-13-10(17)7-16-4-2-9(3-5-16)12-14-8-15-20-12/h2-4,8H,5-7H2,1H3,(H,13,17). The summed E-state index contributed by atoms with van der Waals surface area (Å²) in [7, 11) is 1.28. The lowest BCUT2D eigenvalue weighted by Crippen LogP contribution is -2.38. The number of hydrogen-bond donors (Lipinski definition) is 1. The molecule has 0 saturated heterocycles. The summed E-state index contributed by atoms with van der Waals surface area (Å²) in [5, 5.41) is 3.35. The van der Waals surface area contributed by atoms with E-state index in [0.29, 0.717) is 6.54 Å². The van der Waals surface area contributed by atoms with E-state index in [4.69, 9.17) is 0 Å². The van der Waals surface area contributed by atoms with Gasteiger partial charge in [-0.05, 0) is 17.6 Å². The van der Waals surface area contributed by atoms with Gasteiger partial charge in [-0.3, -0.25) is 9.59 Å². The molecule has 20 heavy (non-hydrogen) atoms. The maximum Gasteiger partial charge on any atom is 0.325 e. The SMILES string of the molecule is COC(=O)CNC(=O)CN1C=CC(c2ncns2)=CC1. The number of ether oxygens (including phenoxy) is 1. The summed E-state index contributed by atoms with van der Waals surface area (Å²) in [6.45, 7) is 0.684. The van der Waals surface area contributed by atoms with E-state index in [1.165, 1.54) is 25.0 Å². The molecule has 106 valence electrons. The zero-order chi connectivity index (χ0) is 14.4. The summed E-state index contributed by atoms with van der Waals surface area (Å²) in [4.78, 5) is 28.5. The predicted octanol–water partition coefficient (Wildman–Crippen LogP) is 0.0400. The van der Waals surface area contributed by atoms with E-state index in [1.54, 1.807) is 0 Å². The van der Waals surface area contributed by atoms with E-state index in [2.05, 4.69) is 19.4 Å². The minimum Gasteiger partial charge on any atom is -0.468 e. The van der Waals surface area contributed by atoms with Gasteiger partial charge in [-0.2, -0.15) is 4.37 Å². The van der Waals surface area contributed by atoms with Crippen LogP contribution in [0.25, 0.3) is 5.57 Å². The summed E-state index contributed by atoms with van der Waals surface area (Å²) in [5.74, 6) is -0.696. The van der Waals surface area contributed by atoms with Crippen LogP contribution in [0.3, 0.4) is 0 Å². The molecular weight excluding hydrogens is 280 g/mol. The van der Waals surface area contributed by atoms with Crippen molar-refractivity contribution in [1.82, 2.24) is 19.6 Å². The zero-order valence-corrected chi connectivity index (χ0v) is 11.7. The second-order valence-corrected chi connectivity index (χ2v) is 4.78. The van der Waals surface area contributed by atoms with Crippen LogP contribution >= 0.6 is 11.5 Å². The van der Waals surface area contributed by atoms with E-state index >= 15 is 0 Å². The van der Waals surface area contributed by atoms with Crippen LogP contribution in [0.2, 0.25) is 0 Å². The Kier molecular flexibility index (Phi) is 4.83. The molecule has 8 heteroatoms. The van der Waals surface area contributed by atoms with E-state index < -0.39 is 5.97 Å². The first-order chi connectivity index (χ1) is 9.69. The van der Waals surface area contributed by atoms with Gasteiger partial charge in [0.25, 0.3) is 0 Å². The van der Waals surface area contributed by atoms with Crippen molar-refractivity contribution in [3.05, 3.63) is 29.7 Å². The van der Waals surface area contributed by atoms with Crippen molar-refractivity contribution < 1.29 is 14.3 Å². The van der Waals surface area contributed by atoms with Gasteiger partial charge in [0.15, 0.2) is 0 Å². The number of carbonyl (C=O) groups is 2. The number of aromatic nitrogens is 2. The molecule has 1 N–H and O–H groups in total. The highest BCUT2D eigenvalue weighted by Crippen LogP contribution is 2.19. The molecule has 0 radical (unpaired) electrons. The second kappa shape index (κ2) is 6.80. The Morgan fingerprint density at radius 1 is 1.55 bits per heavy atom. The maximum absolute atomic E-state index is 11.6. The maximum atomic E-state index is 11.6. The molecule has 0 aromatic carbocycles. The van der Waals surface area contributed by atoms with Crippen molar-refractivity contribution in [2.24, 2.45) is 0 Å². The number of esters is 1. The molecule has 0 saturated carbocycles. The lowest BCUT2D eigenvalue weighted by atomic mass is 10.2. The van der Waals surface area contributed by atoms with Gasteiger partial charge in [-0.25, -0.2) is 4.98 Å². The van der Waals surface area contributed by atoms with Gasteiger partial charge in [0, 0.05) is 18.3 Å². The number of hydrogen-bond acceptors (Lipinski definition) is 7. The lowest BCUT2D eigenvalue weighted by molar-refractivity contribution is -0.141. The van der Waals surface area contributed by atoms with Crippen LogP contribution in [0, 0.1) is 0 Å². The number of rotatable bonds is 5. The Hall–Kier alpha value is -2.22. The number of amides is 1. The van der Waals surface area contributed by atoms with E-state index in [9.17, 15) is 9.59 Å². The second-order valence-electron chi connectivity index (χ2n) is 4.00. The lowest BCUT2D eigenvalue weighted by Gasteiger charge is -2.21. The van der Waals surface area contributed by atoms with Gasteiger partial charge < -0.3 is 15.0 Å². The highest BCUT2D eigenvalue weighted by atomic mass is 32.1. The Morgan fingerprint density at radius 3 is 3.00 bits per heavy atom. The normalized spacial score (nSPS) is 13.8. The van der Waals surface area contributed by atoms with Crippen molar-refractivity contribution >= 4 is 29.0 Å². The Morgan fingerprint density at radius 2 is 2.40 bits per heavy atom. The van der Waals surface area contributed by atoms with Gasteiger partial charge in [0.2, 0.25) is 5.91 Å². The molecule has 1 aliphatic rings. The molecule has 0 bridgehead atoms. The van der Waals surface area contributed by atoms with Crippen molar-refractivity contribution in [1.29, 1.82) is 0 Å². The van der Waals surface area contributed by atoms with E-state index in [-0.39, 0.29) is 19.0 Å². The Bertz CT molecular complexity index is 539. The van der Waals surface area contributed by atoms with Gasteiger partial charge in [0.1, 0.15) is 17.9 Å². The Balaban J connectivity index is 1.79. The molecule has 0 atom stereocenters. The summed E-state index contributed by atoms with van der Waals surface area (Å²) in [6.07, 6.45) is 7.21. The summed E-state index contributed by atoms with van der Waals surface area (Å²) in [5.41, 5.74) is 0.999. The minimum atomic E-state index is -0.467. The van der Waals surface area contributed by atoms with Crippen molar-refractivity contribution in [3.63, 3.8) is 0 Å². The first-order valence-corrected chi connectivity index (χ1v) is 6.69. The molecule has 2 rings (SSSR count). The average molecular weight is 294 g/mol. The first kappa shape index (κ1) is 14.2. The third-order valence-electron chi connectivity index (χ3n) is 2.62. The van der Waals surface area contributed by atoms with Gasteiger partial charge in [-0.1, -0.05) is 6.08 Å². The zero-order valence-electron chi connectivity index (χ0n) is 10.9. The highest BCUT2D eigenvalue weighted by Gasteiger charge is 2.12.